The van der Waals surface area contributed by atoms with Crippen molar-refractivity contribution in [2.45, 2.75) is 16.7 Å². The first-order valence-corrected chi connectivity index (χ1v) is 11.5. The van der Waals surface area contributed by atoms with E-state index in [2.05, 4.69) is 4.18 Å². The number of hydrogen-bond acceptors (Lipinski definition) is 11. The molecule has 0 fully saturated rings. The average Bonchev–Trinajstić information content (AvgIpc) is 2.34. The lowest BCUT2D eigenvalue weighted by Crippen LogP contribution is -2.08. The maximum Gasteiger partial charge on any atom is 0.294 e. The van der Waals surface area contributed by atoms with Crippen molar-refractivity contribution in [2.75, 3.05) is 12.4 Å². The van der Waals surface area contributed by atoms with Crippen molar-refractivity contribution in [3.63, 3.8) is 0 Å². The second kappa shape index (κ2) is 9.55. The molecule has 1 atom stereocenters. The fourth-order valence-corrected chi connectivity index (χ4v) is 3.23. The Morgan fingerprint density at radius 2 is 1.60 bits per heavy atom. The molecule has 0 saturated carbocycles. The van der Waals surface area contributed by atoms with E-state index in [0.717, 1.165) is 6.07 Å². The van der Waals surface area contributed by atoms with Crippen LogP contribution in [0.25, 0.3) is 0 Å². The monoisotopic (exact) mass is 445 g/mol. The Bertz CT molecular complexity index is 690. The zero-order valence-corrected chi connectivity index (χ0v) is 15.7. The van der Waals surface area contributed by atoms with Crippen LogP contribution in [0.3, 0.4) is 0 Å². The summed E-state index contributed by atoms with van der Waals surface area (Å²) in [7, 11) is -8.41. The molecule has 0 amide bonds. The van der Waals surface area contributed by atoms with Gasteiger partial charge in [0.2, 0.25) is 11.2 Å². The fourth-order valence-electron chi connectivity index (χ4n) is 1.24. The first kappa shape index (κ1) is 24.7. The Labute approximate surface area is 149 Å². The summed E-state index contributed by atoms with van der Waals surface area (Å²) in [6.07, 6.45) is 0. The topological polar surface area (TPSA) is 225 Å². The van der Waals surface area contributed by atoms with Crippen LogP contribution in [0.15, 0.2) is 28.0 Å². The Kier molecular flexibility index (Phi) is 9.42. The highest BCUT2D eigenvalue weighted by Crippen LogP contribution is 2.44. The summed E-state index contributed by atoms with van der Waals surface area (Å²) in [5, 5.41) is 0. The maximum atomic E-state index is 10.9. The zero-order chi connectivity index (χ0) is 20.1. The van der Waals surface area contributed by atoms with E-state index in [0.29, 0.717) is 0 Å². The zero-order valence-electron chi connectivity index (χ0n) is 12.5. The molecule has 1 aromatic carbocycles. The molecule has 12 nitrogen and oxygen atoms in total. The highest BCUT2D eigenvalue weighted by atomic mass is 32.3. The third-order valence-electron chi connectivity index (χ3n) is 2.25. The van der Waals surface area contributed by atoms with Crippen molar-refractivity contribution in [3.05, 3.63) is 23.8 Å². The van der Waals surface area contributed by atoms with Crippen molar-refractivity contribution < 1.29 is 53.2 Å². The molecule has 0 heterocycles. The van der Waals surface area contributed by atoms with E-state index in [1.807, 2.05) is 0 Å². The summed E-state index contributed by atoms with van der Waals surface area (Å²) in [4.78, 5) is -0.824. The molecule has 1 rings (SSSR count). The molecular formula is C9H17O12S4-. The summed E-state index contributed by atoms with van der Waals surface area (Å²) >= 11 is -6.29. The third-order valence-corrected chi connectivity index (χ3v) is 5.11. The molecule has 25 heavy (non-hydrogen) atoms. The Hall–Kier alpha value is -0.340. The molecule has 0 aliphatic heterocycles. The van der Waals surface area contributed by atoms with E-state index < -0.39 is 54.7 Å². The van der Waals surface area contributed by atoms with Crippen molar-refractivity contribution in [3.8, 4) is 0 Å². The first-order chi connectivity index (χ1) is 11.0. The predicted molar refractivity (Wildman–Crippen MR) is 90.0 cm³/mol. The quantitative estimate of drug-likeness (QED) is 0.246. The van der Waals surface area contributed by atoms with Gasteiger partial charge in [-0.15, -0.1) is 0 Å². The second-order valence-corrected chi connectivity index (χ2v) is 9.31. The standard InChI is InChI=1S/C7H10O6S2.C2H8O6S2/c1-5-2-3-6(14(8,9)10)4-7(5)15(11,12)13;3-9(4)2-1-8-10(5,6)7/h2-4,8-10H,1H3,(H,11,12,13);5-7H,1-2H2,(H,3,4)/p-1. The molecule has 0 bridgehead atoms. The molecular weight excluding hydrogens is 428 g/mol. The van der Waals surface area contributed by atoms with E-state index in [-0.39, 0.29) is 16.2 Å². The van der Waals surface area contributed by atoms with E-state index in [1.165, 1.54) is 19.1 Å². The fraction of sp³-hybridized carbons (Fsp3) is 0.333. The lowest BCUT2D eigenvalue weighted by molar-refractivity contribution is 0.213. The largest absolute Gasteiger partial charge is 0.772 e. The molecule has 1 unspecified atom stereocenters. The summed E-state index contributed by atoms with van der Waals surface area (Å²) in [6.45, 7) is 0.991. The molecule has 1 aromatic rings. The summed E-state index contributed by atoms with van der Waals surface area (Å²) in [6, 6.07) is 3.24. The van der Waals surface area contributed by atoms with Crippen LogP contribution >= 0.6 is 22.0 Å². The van der Waals surface area contributed by atoms with E-state index >= 15 is 0 Å². The van der Waals surface area contributed by atoms with Crippen LogP contribution in [0.1, 0.15) is 5.56 Å². The third kappa shape index (κ3) is 11.1. The maximum absolute atomic E-state index is 10.9. The molecule has 0 aromatic heterocycles. The Morgan fingerprint density at radius 3 is 1.96 bits per heavy atom. The molecule has 0 aliphatic rings. The minimum atomic E-state index is -4.44. The average molecular weight is 445 g/mol. The van der Waals surface area contributed by atoms with Gasteiger partial charge in [-0.25, -0.2) is 0 Å². The van der Waals surface area contributed by atoms with Gasteiger partial charge < -0.3 is 18.2 Å². The lowest BCUT2D eigenvalue weighted by atomic mass is 10.2. The van der Waals surface area contributed by atoms with Crippen LogP contribution in [0.2, 0.25) is 0 Å². The molecule has 0 aliphatic carbocycles. The number of aryl methyl sites for hydroxylation is 1. The van der Waals surface area contributed by atoms with Gasteiger partial charge in [0.15, 0.2) is 0 Å². The summed E-state index contributed by atoms with van der Waals surface area (Å²) in [5.41, 5.74) is 0.241. The van der Waals surface area contributed by atoms with Crippen LogP contribution in [-0.2, 0) is 25.4 Å². The van der Waals surface area contributed by atoms with Gasteiger partial charge >= 0.3 is 0 Å². The highest BCUT2D eigenvalue weighted by molar-refractivity contribution is 8.19. The van der Waals surface area contributed by atoms with Crippen LogP contribution in [0.4, 0.5) is 0 Å². The molecule has 0 spiro atoms. The van der Waals surface area contributed by atoms with Crippen LogP contribution in [0.5, 0.6) is 0 Å². The van der Waals surface area contributed by atoms with Crippen molar-refractivity contribution >= 4 is 43.2 Å². The van der Waals surface area contributed by atoms with Gasteiger partial charge in [0.05, 0.1) is 16.4 Å². The summed E-state index contributed by atoms with van der Waals surface area (Å²) < 4.78 is 105. The van der Waals surface area contributed by atoms with Gasteiger partial charge in [0.25, 0.3) is 10.1 Å². The number of hydrogen-bond donors (Lipinski definition) is 7. The normalized spacial score (nSPS) is 15.1. The smallest absolute Gasteiger partial charge is 0.294 e. The van der Waals surface area contributed by atoms with Gasteiger partial charge in [0.1, 0.15) is 10.9 Å². The van der Waals surface area contributed by atoms with Crippen LogP contribution in [-0.4, -0.2) is 61.4 Å². The minimum absolute atomic E-state index is 0.241. The van der Waals surface area contributed by atoms with Gasteiger partial charge in [-0.1, -0.05) is 17.1 Å². The Morgan fingerprint density at radius 1 is 1.08 bits per heavy atom. The minimum Gasteiger partial charge on any atom is -0.772 e. The predicted octanol–water partition coefficient (Wildman–Crippen LogP) is 1.84. The van der Waals surface area contributed by atoms with Crippen LogP contribution < -0.4 is 0 Å². The van der Waals surface area contributed by atoms with Gasteiger partial charge in [-0.05, 0) is 24.6 Å². The van der Waals surface area contributed by atoms with E-state index in [1.54, 1.807) is 0 Å². The second-order valence-electron chi connectivity index (χ2n) is 4.22. The molecule has 16 heteroatoms. The Balaban J connectivity index is 0.000000504. The number of benzene rings is 1. The van der Waals surface area contributed by atoms with Gasteiger partial charge in [-0.2, -0.15) is 8.42 Å². The SMILES string of the molecule is Cc1ccc(S(O)(O)O)cc1S(=O)(=O)O.O=S([O-])CCOS(O)(O)O. The lowest BCUT2D eigenvalue weighted by Gasteiger charge is -2.19. The van der Waals surface area contributed by atoms with Crippen LogP contribution in [0, 0.1) is 6.92 Å². The molecule has 7 N–H and O–H groups in total. The van der Waals surface area contributed by atoms with Crippen molar-refractivity contribution in [2.24, 2.45) is 0 Å². The van der Waals surface area contributed by atoms with Gasteiger partial charge in [0, 0.05) is 5.75 Å². The molecule has 0 radical (unpaired) electrons. The molecule has 0 saturated heterocycles. The first-order valence-electron chi connectivity index (χ1n) is 5.83. The van der Waals surface area contributed by atoms with E-state index in [9.17, 15) is 17.2 Å². The highest BCUT2D eigenvalue weighted by Gasteiger charge is 2.20. The summed E-state index contributed by atoms with van der Waals surface area (Å²) in [5.74, 6) is -0.379. The van der Waals surface area contributed by atoms with Crippen molar-refractivity contribution in [1.82, 2.24) is 0 Å². The number of rotatable bonds is 6. The van der Waals surface area contributed by atoms with E-state index in [4.69, 9.17) is 31.9 Å². The molecule has 150 valence electrons. The van der Waals surface area contributed by atoms with Crippen molar-refractivity contribution in [1.29, 1.82) is 0 Å². The van der Waals surface area contributed by atoms with Gasteiger partial charge in [-0.3, -0.25) is 26.6 Å².